The maximum absolute atomic E-state index is 9.12. The monoisotopic (exact) mass is 252 g/mol. The smallest absolute Gasteiger partial charge is 0.0948 e. The first-order valence-electron chi connectivity index (χ1n) is 6.79. The van der Waals surface area contributed by atoms with Crippen molar-refractivity contribution in [2.45, 2.75) is 32.4 Å². The Morgan fingerprint density at radius 1 is 1.39 bits per heavy atom. The van der Waals surface area contributed by atoms with Crippen LogP contribution in [0, 0.1) is 5.92 Å². The molecule has 18 heavy (non-hydrogen) atoms. The van der Waals surface area contributed by atoms with Crippen LogP contribution in [-0.4, -0.2) is 45.8 Å². The molecule has 2 atom stereocenters. The van der Waals surface area contributed by atoms with E-state index in [0.29, 0.717) is 5.92 Å². The summed E-state index contributed by atoms with van der Waals surface area (Å²) in [5, 5.41) is 9.12. The van der Waals surface area contributed by atoms with Crippen LogP contribution in [0.1, 0.15) is 31.5 Å². The zero-order valence-electron chi connectivity index (χ0n) is 11.1. The van der Waals surface area contributed by atoms with Gasteiger partial charge in [0, 0.05) is 19.3 Å². The summed E-state index contributed by atoms with van der Waals surface area (Å²) in [4.78, 5) is 6.66. The Morgan fingerprint density at radius 3 is 2.78 bits per heavy atom. The first-order valence-corrected chi connectivity index (χ1v) is 6.79. The molecular weight excluding hydrogens is 228 g/mol. The molecule has 1 saturated heterocycles. The van der Waals surface area contributed by atoms with E-state index < -0.39 is 0 Å². The van der Waals surface area contributed by atoms with Crippen LogP contribution in [0.15, 0.2) is 12.5 Å². The van der Waals surface area contributed by atoms with Crippen LogP contribution < -0.4 is 5.73 Å². The highest BCUT2D eigenvalue weighted by Crippen LogP contribution is 2.14. The topological polar surface area (TPSA) is 67.3 Å². The molecule has 0 aromatic carbocycles. The van der Waals surface area contributed by atoms with Gasteiger partial charge in [-0.25, -0.2) is 4.98 Å². The molecule has 1 aromatic rings. The second kappa shape index (κ2) is 6.31. The van der Waals surface area contributed by atoms with Crippen LogP contribution in [0.25, 0.3) is 0 Å². The Bertz CT molecular complexity index is 360. The molecule has 0 aliphatic carbocycles. The number of hydrogen-bond acceptors (Lipinski definition) is 4. The third-order valence-electron chi connectivity index (χ3n) is 3.60. The zero-order chi connectivity index (χ0) is 13.0. The lowest BCUT2D eigenvalue weighted by Crippen LogP contribution is -2.28. The van der Waals surface area contributed by atoms with Gasteiger partial charge in [-0.3, -0.25) is 0 Å². The first-order chi connectivity index (χ1) is 8.70. The Balaban J connectivity index is 1.89. The predicted molar refractivity (Wildman–Crippen MR) is 71.1 cm³/mol. The highest BCUT2D eigenvalue weighted by Gasteiger charge is 2.17. The minimum Gasteiger partial charge on any atom is -0.394 e. The molecule has 1 fully saturated rings. The van der Waals surface area contributed by atoms with Gasteiger partial charge in [0.15, 0.2) is 0 Å². The molecule has 102 valence electrons. The normalized spacial score (nSPS) is 20.2. The average molecular weight is 252 g/mol. The number of likely N-dealkylation sites (tertiary alicyclic amines) is 1. The summed E-state index contributed by atoms with van der Waals surface area (Å²) >= 11 is 0. The van der Waals surface area contributed by atoms with Gasteiger partial charge in [-0.1, -0.05) is 6.92 Å². The lowest BCUT2D eigenvalue weighted by atomic mass is 10.1. The van der Waals surface area contributed by atoms with E-state index in [0.717, 1.165) is 18.8 Å². The van der Waals surface area contributed by atoms with E-state index in [4.69, 9.17) is 10.8 Å². The molecular formula is C13H24N4O. The molecule has 5 nitrogen and oxygen atoms in total. The van der Waals surface area contributed by atoms with Crippen molar-refractivity contribution >= 4 is 0 Å². The summed E-state index contributed by atoms with van der Waals surface area (Å²) in [5.41, 5.74) is 6.78. The zero-order valence-corrected chi connectivity index (χ0v) is 11.1. The highest BCUT2D eigenvalue weighted by atomic mass is 16.3. The molecule has 2 rings (SSSR count). The number of aliphatic hydroxyl groups is 1. The first kappa shape index (κ1) is 13.5. The van der Waals surface area contributed by atoms with E-state index in [2.05, 4.69) is 21.4 Å². The SMILES string of the molecule is CC(CN1CCCC1)Cn1cncc1C(N)CO. The summed E-state index contributed by atoms with van der Waals surface area (Å²) < 4.78 is 2.07. The van der Waals surface area contributed by atoms with Crippen molar-refractivity contribution in [1.29, 1.82) is 0 Å². The molecule has 1 aromatic heterocycles. The standard InChI is InChI=1S/C13H24N4O/c1-11(7-16-4-2-3-5-16)8-17-10-15-6-13(17)12(14)9-18/h6,10-12,18H,2-5,7-9,14H2,1H3. The fourth-order valence-electron chi connectivity index (χ4n) is 2.69. The molecule has 0 amide bonds. The summed E-state index contributed by atoms with van der Waals surface area (Å²) in [6.07, 6.45) is 6.23. The van der Waals surface area contributed by atoms with Crippen LogP contribution >= 0.6 is 0 Å². The number of nitrogens with two attached hydrogens (primary N) is 1. The average Bonchev–Trinajstić information content (AvgIpc) is 2.99. The number of rotatable bonds is 6. The Morgan fingerprint density at radius 2 is 2.11 bits per heavy atom. The van der Waals surface area contributed by atoms with Gasteiger partial charge >= 0.3 is 0 Å². The van der Waals surface area contributed by atoms with Crippen molar-refractivity contribution in [3.63, 3.8) is 0 Å². The van der Waals surface area contributed by atoms with Crippen molar-refractivity contribution in [3.8, 4) is 0 Å². The molecule has 2 heterocycles. The predicted octanol–water partition coefficient (Wildman–Crippen LogP) is 0.607. The Labute approximate surface area is 109 Å². The second-order valence-electron chi connectivity index (χ2n) is 5.37. The van der Waals surface area contributed by atoms with Crippen LogP contribution in [0.2, 0.25) is 0 Å². The third kappa shape index (κ3) is 3.31. The van der Waals surface area contributed by atoms with Gasteiger partial charge in [0.05, 0.1) is 24.7 Å². The van der Waals surface area contributed by atoms with Crippen molar-refractivity contribution in [3.05, 3.63) is 18.2 Å². The van der Waals surface area contributed by atoms with E-state index >= 15 is 0 Å². The molecule has 0 spiro atoms. The molecule has 0 radical (unpaired) electrons. The summed E-state index contributed by atoms with van der Waals surface area (Å²) in [6, 6.07) is -0.327. The van der Waals surface area contributed by atoms with Gasteiger partial charge in [-0.2, -0.15) is 0 Å². The van der Waals surface area contributed by atoms with Gasteiger partial charge in [-0.15, -0.1) is 0 Å². The molecule has 1 aliphatic rings. The Hall–Kier alpha value is -0.910. The minimum absolute atomic E-state index is 0.0355. The summed E-state index contributed by atoms with van der Waals surface area (Å²) in [6.45, 7) is 6.73. The van der Waals surface area contributed by atoms with Gasteiger partial charge in [0.1, 0.15) is 0 Å². The number of aliphatic hydroxyl groups excluding tert-OH is 1. The fraction of sp³-hybridized carbons (Fsp3) is 0.769. The second-order valence-corrected chi connectivity index (χ2v) is 5.37. The van der Waals surface area contributed by atoms with Crippen LogP contribution in [0.5, 0.6) is 0 Å². The number of aromatic nitrogens is 2. The third-order valence-corrected chi connectivity index (χ3v) is 3.60. The number of imidazole rings is 1. The fourth-order valence-corrected chi connectivity index (χ4v) is 2.69. The summed E-state index contributed by atoms with van der Waals surface area (Å²) in [7, 11) is 0. The van der Waals surface area contributed by atoms with Crippen molar-refractivity contribution in [2.75, 3.05) is 26.2 Å². The lowest BCUT2D eigenvalue weighted by molar-refractivity contribution is 0.253. The maximum Gasteiger partial charge on any atom is 0.0948 e. The van der Waals surface area contributed by atoms with Crippen molar-refractivity contribution in [2.24, 2.45) is 11.7 Å². The molecule has 2 unspecified atom stereocenters. The van der Waals surface area contributed by atoms with E-state index in [1.807, 2.05) is 6.33 Å². The molecule has 5 heteroatoms. The molecule has 1 aliphatic heterocycles. The van der Waals surface area contributed by atoms with Gasteiger partial charge in [0.25, 0.3) is 0 Å². The van der Waals surface area contributed by atoms with Crippen molar-refractivity contribution < 1.29 is 5.11 Å². The van der Waals surface area contributed by atoms with Gasteiger partial charge < -0.3 is 20.3 Å². The van der Waals surface area contributed by atoms with E-state index in [9.17, 15) is 0 Å². The van der Waals surface area contributed by atoms with Crippen molar-refractivity contribution in [1.82, 2.24) is 14.5 Å². The number of nitrogens with zero attached hydrogens (tertiary/aromatic N) is 3. The minimum atomic E-state index is -0.327. The molecule has 3 N–H and O–H groups in total. The van der Waals surface area contributed by atoms with E-state index in [1.54, 1.807) is 6.20 Å². The van der Waals surface area contributed by atoms with E-state index in [-0.39, 0.29) is 12.6 Å². The van der Waals surface area contributed by atoms with Gasteiger partial charge in [-0.05, 0) is 31.8 Å². The van der Waals surface area contributed by atoms with Crippen LogP contribution in [-0.2, 0) is 6.54 Å². The summed E-state index contributed by atoms with van der Waals surface area (Å²) in [5.74, 6) is 0.571. The van der Waals surface area contributed by atoms with E-state index in [1.165, 1.54) is 25.9 Å². The largest absolute Gasteiger partial charge is 0.394 e. The Kier molecular flexibility index (Phi) is 4.74. The van der Waals surface area contributed by atoms with Crippen LogP contribution in [0.4, 0.5) is 0 Å². The lowest BCUT2D eigenvalue weighted by Gasteiger charge is -2.22. The highest BCUT2D eigenvalue weighted by molar-refractivity contribution is 5.04. The molecule has 0 saturated carbocycles. The molecule has 0 bridgehead atoms. The number of hydrogen-bond donors (Lipinski definition) is 2. The maximum atomic E-state index is 9.12. The quantitative estimate of drug-likeness (QED) is 0.778. The van der Waals surface area contributed by atoms with Crippen LogP contribution in [0.3, 0.4) is 0 Å². The van der Waals surface area contributed by atoms with Gasteiger partial charge in [0.2, 0.25) is 0 Å².